The second kappa shape index (κ2) is 9.00. The molecule has 8 heteroatoms. The van der Waals surface area contributed by atoms with Gasteiger partial charge in [0.2, 0.25) is 0 Å². The Morgan fingerprint density at radius 1 is 1.19 bits per heavy atom. The van der Waals surface area contributed by atoms with Gasteiger partial charge in [-0.3, -0.25) is 25.2 Å². The Kier molecular flexibility index (Phi) is 6.74. The third-order valence-corrected chi connectivity index (χ3v) is 4.94. The van der Waals surface area contributed by atoms with Crippen molar-refractivity contribution in [3.8, 4) is 11.5 Å². The lowest BCUT2D eigenvalue weighted by Crippen LogP contribution is -2.43. The van der Waals surface area contributed by atoms with Gasteiger partial charge in [0, 0.05) is 10.4 Å². The lowest BCUT2D eigenvalue weighted by atomic mass is 10.2. The molecule has 1 aromatic heterocycles. The molecule has 0 radical (unpaired) electrons. The van der Waals surface area contributed by atoms with E-state index in [-0.39, 0.29) is 12.5 Å². The SMILES string of the molecule is CCc1sc(C(=O)NNC(=O)COc2ccc(C=O)cc2OC)cc1C. The van der Waals surface area contributed by atoms with Crippen LogP contribution in [-0.4, -0.2) is 31.8 Å². The fourth-order valence-electron chi connectivity index (χ4n) is 2.23. The van der Waals surface area contributed by atoms with E-state index in [0.29, 0.717) is 28.2 Å². The summed E-state index contributed by atoms with van der Waals surface area (Å²) in [6.45, 7) is 3.65. The standard InChI is InChI=1S/C18H20N2O5S/c1-4-15-11(2)7-16(26-15)18(23)20-19-17(22)10-25-13-6-5-12(9-21)8-14(13)24-3/h5-9H,4,10H2,1-3H3,(H,19,22)(H,20,23). The van der Waals surface area contributed by atoms with Gasteiger partial charge in [0.05, 0.1) is 12.0 Å². The van der Waals surface area contributed by atoms with Crippen LogP contribution in [0.15, 0.2) is 24.3 Å². The van der Waals surface area contributed by atoms with Gasteiger partial charge in [-0.2, -0.15) is 0 Å². The molecule has 2 amide bonds. The largest absolute Gasteiger partial charge is 0.493 e. The van der Waals surface area contributed by atoms with Crippen LogP contribution in [0.4, 0.5) is 0 Å². The zero-order valence-corrected chi connectivity index (χ0v) is 15.6. The number of rotatable bonds is 7. The first-order valence-corrected chi connectivity index (χ1v) is 8.74. The van der Waals surface area contributed by atoms with Crippen LogP contribution in [0.5, 0.6) is 11.5 Å². The predicted molar refractivity (Wildman–Crippen MR) is 97.9 cm³/mol. The highest BCUT2D eigenvalue weighted by molar-refractivity contribution is 7.14. The van der Waals surface area contributed by atoms with Crippen LogP contribution in [-0.2, 0) is 11.2 Å². The second-order valence-electron chi connectivity index (χ2n) is 5.39. The van der Waals surface area contributed by atoms with E-state index < -0.39 is 5.91 Å². The minimum Gasteiger partial charge on any atom is -0.493 e. The van der Waals surface area contributed by atoms with Gasteiger partial charge in [-0.25, -0.2) is 0 Å². The molecule has 0 saturated carbocycles. The summed E-state index contributed by atoms with van der Waals surface area (Å²) in [6, 6.07) is 6.39. The fraction of sp³-hybridized carbons (Fsp3) is 0.278. The molecule has 2 rings (SSSR count). The van der Waals surface area contributed by atoms with E-state index in [1.165, 1.54) is 30.6 Å². The summed E-state index contributed by atoms with van der Waals surface area (Å²) >= 11 is 1.40. The number of carbonyl (C=O) groups excluding carboxylic acids is 3. The molecule has 2 aromatic rings. The molecule has 138 valence electrons. The number of nitrogens with one attached hydrogen (secondary N) is 2. The zero-order chi connectivity index (χ0) is 19.1. The molecule has 0 bridgehead atoms. The van der Waals surface area contributed by atoms with E-state index in [1.54, 1.807) is 12.1 Å². The van der Waals surface area contributed by atoms with Crippen LogP contribution in [0, 0.1) is 6.92 Å². The van der Waals surface area contributed by atoms with E-state index in [1.807, 2.05) is 13.8 Å². The van der Waals surface area contributed by atoms with E-state index in [4.69, 9.17) is 9.47 Å². The zero-order valence-electron chi connectivity index (χ0n) is 14.8. The fourth-order valence-corrected chi connectivity index (χ4v) is 3.24. The summed E-state index contributed by atoms with van der Waals surface area (Å²) in [5.41, 5.74) is 6.16. The number of aldehydes is 1. The highest BCUT2D eigenvalue weighted by Gasteiger charge is 2.13. The Hall–Kier alpha value is -2.87. The van der Waals surface area contributed by atoms with Crippen molar-refractivity contribution in [1.82, 2.24) is 10.9 Å². The molecule has 0 aliphatic carbocycles. The minimum absolute atomic E-state index is 0.319. The molecule has 0 aliphatic heterocycles. The van der Waals surface area contributed by atoms with E-state index in [0.717, 1.165) is 16.9 Å². The van der Waals surface area contributed by atoms with Crippen molar-refractivity contribution in [1.29, 1.82) is 0 Å². The average molecular weight is 376 g/mol. The summed E-state index contributed by atoms with van der Waals surface area (Å²) in [6.07, 6.45) is 1.54. The van der Waals surface area contributed by atoms with Gasteiger partial charge in [0.15, 0.2) is 18.1 Å². The molecule has 0 aliphatic rings. The molecule has 0 saturated heterocycles. The topological polar surface area (TPSA) is 93.7 Å². The van der Waals surface area contributed by atoms with Crippen LogP contribution in [0.1, 0.15) is 37.4 Å². The summed E-state index contributed by atoms with van der Waals surface area (Å²) in [4.78, 5) is 36.4. The molecule has 1 aromatic carbocycles. The molecule has 7 nitrogen and oxygen atoms in total. The Bertz CT molecular complexity index is 816. The number of ether oxygens (including phenoxy) is 2. The van der Waals surface area contributed by atoms with Crippen LogP contribution < -0.4 is 20.3 Å². The first-order valence-electron chi connectivity index (χ1n) is 7.93. The number of methoxy groups -OCH3 is 1. The van der Waals surface area contributed by atoms with Crippen molar-refractivity contribution in [3.05, 3.63) is 45.1 Å². The number of thiophene rings is 1. The number of amides is 2. The van der Waals surface area contributed by atoms with Crippen molar-refractivity contribution >= 4 is 29.4 Å². The minimum atomic E-state index is -0.524. The molecule has 1 heterocycles. The maximum Gasteiger partial charge on any atom is 0.279 e. The second-order valence-corrected chi connectivity index (χ2v) is 6.53. The summed E-state index contributed by atoms with van der Waals surface area (Å²) in [7, 11) is 1.44. The Balaban J connectivity index is 1.87. The Morgan fingerprint density at radius 2 is 1.96 bits per heavy atom. The number of hydrogen-bond acceptors (Lipinski definition) is 6. The molecule has 26 heavy (non-hydrogen) atoms. The van der Waals surface area contributed by atoms with Gasteiger partial charge in [0.1, 0.15) is 6.29 Å². The Labute approximate surface area is 155 Å². The normalized spacial score (nSPS) is 10.1. The highest BCUT2D eigenvalue weighted by atomic mass is 32.1. The van der Waals surface area contributed by atoms with Gasteiger partial charge in [-0.1, -0.05) is 6.92 Å². The van der Waals surface area contributed by atoms with Gasteiger partial charge in [0.25, 0.3) is 11.8 Å². The van der Waals surface area contributed by atoms with E-state index >= 15 is 0 Å². The third-order valence-electron chi connectivity index (χ3n) is 3.56. The monoisotopic (exact) mass is 376 g/mol. The van der Waals surface area contributed by atoms with Crippen LogP contribution >= 0.6 is 11.3 Å². The van der Waals surface area contributed by atoms with Crippen LogP contribution in [0.2, 0.25) is 0 Å². The highest BCUT2D eigenvalue weighted by Crippen LogP contribution is 2.27. The average Bonchev–Trinajstić information content (AvgIpc) is 3.05. The first-order chi connectivity index (χ1) is 12.5. The summed E-state index contributed by atoms with van der Waals surface area (Å²) in [5.74, 6) is -0.239. The number of hydrazine groups is 1. The number of hydrogen-bond donors (Lipinski definition) is 2. The molecular weight excluding hydrogens is 356 g/mol. The lowest BCUT2D eigenvalue weighted by Gasteiger charge is -2.11. The number of benzene rings is 1. The van der Waals surface area contributed by atoms with E-state index in [2.05, 4.69) is 10.9 Å². The Morgan fingerprint density at radius 3 is 2.58 bits per heavy atom. The van der Waals surface area contributed by atoms with Crippen molar-refractivity contribution in [2.75, 3.05) is 13.7 Å². The third kappa shape index (κ3) is 4.82. The molecule has 0 spiro atoms. The van der Waals surface area contributed by atoms with Crippen molar-refractivity contribution in [2.24, 2.45) is 0 Å². The van der Waals surface area contributed by atoms with Gasteiger partial charge >= 0.3 is 0 Å². The molecular formula is C18H20N2O5S. The lowest BCUT2D eigenvalue weighted by molar-refractivity contribution is -0.123. The van der Waals surface area contributed by atoms with Gasteiger partial charge in [-0.05, 0) is 43.2 Å². The predicted octanol–water partition coefficient (Wildman–Crippen LogP) is 2.28. The molecule has 0 atom stereocenters. The van der Waals surface area contributed by atoms with Crippen molar-refractivity contribution < 1.29 is 23.9 Å². The smallest absolute Gasteiger partial charge is 0.279 e. The van der Waals surface area contributed by atoms with Crippen molar-refractivity contribution in [3.63, 3.8) is 0 Å². The molecule has 0 fully saturated rings. The van der Waals surface area contributed by atoms with Crippen LogP contribution in [0.25, 0.3) is 0 Å². The quantitative estimate of drug-likeness (QED) is 0.571. The number of carbonyl (C=O) groups is 3. The van der Waals surface area contributed by atoms with Gasteiger partial charge in [-0.15, -0.1) is 11.3 Å². The maximum absolute atomic E-state index is 12.1. The summed E-state index contributed by atoms with van der Waals surface area (Å²) < 4.78 is 10.5. The summed E-state index contributed by atoms with van der Waals surface area (Å²) in [5, 5.41) is 0. The first kappa shape index (κ1) is 19.5. The van der Waals surface area contributed by atoms with E-state index in [9.17, 15) is 14.4 Å². The van der Waals surface area contributed by atoms with Crippen LogP contribution in [0.3, 0.4) is 0 Å². The van der Waals surface area contributed by atoms with Crippen molar-refractivity contribution in [2.45, 2.75) is 20.3 Å². The molecule has 2 N–H and O–H groups in total. The molecule has 0 unspecified atom stereocenters. The van der Waals surface area contributed by atoms with Gasteiger partial charge < -0.3 is 9.47 Å². The maximum atomic E-state index is 12.1. The number of aryl methyl sites for hydroxylation is 2.